The molecule has 0 aromatic heterocycles. The van der Waals surface area contributed by atoms with E-state index < -0.39 is 11.6 Å². The molecule has 0 aliphatic carbocycles. The van der Waals surface area contributed by atoms with Crippen LogP contribution in [0.5, 0.6) is 0 Å². The molecule has 4 heteroatoms. The fourth-order valence-corrected chi connectivity index (χ4v) is 1.45. The van der Waals surface area contributed by atoms with Crippen molar-refractivity contribution in [3.8, 4) is 6.07 Å². The van der Waals surface area contributed by atoms with Crippen molar-refractivity contribution in [3.05, 3.63) is 35.4 Å². The van der Waals surface area contributed by atoms with E-state index in [4.69, 9.17) is 5.26 Å². The number of hydrogen-bond donors (Lipinski definition) is 1. The number of unbranched alkanes of at least 4 members (excludes halogenated alkanes) is 1. The molecule has 1 N–H and O–H groups in total. The van der Waals surface area contributed by atoms with E-state index in [1.54, 1.807) is 13.0 Å². The Balaban J connectivity index is 2.56. The second-order valence-electron chi connectivity index (χ2n) is 3.58. The summed E-state index contributed by atoms with van der Waals surface area (Å²) < 4.78 is 26.3. The summed E-state index contributed by atoms with van der Waals surface area (Å²) in [6, 6.07) is 5.91. The first kappa shape index (κ1) is 12.6. The van der Waals surface area contributed by atoms with Crippen LogP contribution in [-0.2, 0) is 0 Å². The van der Waals surface area contributed by atoms with Gasteiger partial charge in [-0.2, -0.15) is 5.26 Å². The number of hydrogen-bond acceptors (Lipinski definition) is 2. The lowest BCUT2D eigenvalue weighted by Crippen LogP contribution is -2.21. The van der Waals surface area contributed by atoms with Crippen LogP contribution in [0, 0.1) is 23.0 Å². The van der Waals surface area contributed by atoms with E-state index in [2.05, 4.69) is 5.32 Å². The average molecular weight is 224 g/mol. The molecular formula is C12H14F2N2. The van der Waals surface area contributed by atoms with Crippen LogP contribution < -0.4 is 5.32 Å². The van der Waals surface area contributed by atoms with E-state index in [0.29, 0.717) is 24.9 Å². The summed E-state index contributed by atoms with van der Waals surface area (Å²) >= 11 is 0. The minimum Gasteiger partial charge on any atom is -0.310 e. The summed E-state index contributed by atoms with van der Waals surface area (Å²) in [7, 11) is 0. The molecule has 1 aromatic carbocycles. The zero-order valence-electron chi connectivity index (χ0n) is 9.13. The molecule has 0 fully saturated rings. The summed E-state index contributed by atoms with van der Waals surface area (Å²) in [6.07, 6.45) is 1.17. The highest BCUT2D eigenvalue weighted by molar-refractivity contribution is 5.21. The van der Waals surface area contributed by atoms with Gasteiger partial charge in [0.25, 0.3) is 0 Å². The first-order valence-electron chi connectivity index (χ1n) is 5.21. The van der Waals surface area contributed by atoms with E-state index >= 15 is 0 Å². The van der Waals surface area contributed by atoms with Crippen LogP contribution in [0.2, 0.25) is 0 Å². The minimum absolute atomic E-state index is 0.255. The molecule has 0 aliphatic rings. The third-order valence-corrected chi connectivity index (χ3v) is 2.36. The first-order valence-corrected chi connectivity index (χ1v) is 5.21. The molecule has 0 bridgehead atoms. The molecule has 86 valence electrons. The zero-order valence-corrected chi connectivity index (χ0v) is 9.13. The van der Waals surface area contributed by atoms with Crippen molar-refractivity contribution < 1.29 is 8.78 Å². The molecule has 0 radical (unpaired) electrons. The second kappa shape index (κ2) is 6.19. The number of nitriles is 1. The first-order chi connectivity index (χ1) is 7.66. The Morgan fingerprint density at radius 2 is 2.19 bits per heavy atom. The Morgan fingerprint density at radius 1 is 1.44 bits per heavy atom. The van der Waals surface area contributed by atoms with Crippen molar-refractivity contribution in [1.82, 2.24) is 5.32 Å². The number of benzene rings is 1. The lowest BCUT2D eigenvalue weighted by atomic mass is 10.1. The van der Waals surface area contributed by atoms with Gasteiger partial charge in [-0.1, -0.05) is 12.1 Å². The monoisotopic (exact) mass is 224 g/mol. The summed E-state index contributed by atoms with van der Waals surface area (Å²) in [5.74, 6) is -1.63. The second-order valence-corrected chi connectivity index (χ2v) is 3.58. The maximum atomic E-state index is 13.4. The Morgan fingerprint density at radius 3 is 2.88 bits per heavy atom. The zero-order chi connectivity index (χ0) is 12.0. The molecular weight excluding hydrogens is 210 g/mol. The molecule has 0 saturated carbocycles. The molecule has 0 spiro atoms. The minimum atomic E-state index is -0.830. The molecule has 1 rings (SSSR count). The Hall–Kier alpha value is -1.47. The van der Waals surface area contributed by atoms with Crippen LogP contribution in [0.25, 0.3) is 0 Å². The molecule has 1 atom stereocenters. The van der Waals surface area contributed by atoms with Gasteiger partial charge in [0.05, 0.1) is 6.07 Å². The fraction of sp³-hybridized carbons (Fsp3) is 0.417. The molecule has 2 nitrogen and oxygen atoms in total. The van der Waals surface area contributed by atoms with Crippen LogP contribution in [-0.4, -0.2) is 6.54 Å². The molecule has 0 heterocycles. The third kappa shape index (κ3) is 3.28. The van der Waals surface area contributed by atoms with Crippen molar-refractivity contribution in [3.63, 3.8) is 0 Å². The maximum Gasteiger partial charge on any atom is 0.163 e. The summed E-state index contributed by atoms with van der Waals surface area (Å²) in [5, 5.41) is 11.4. The van der Waals surface area contributed by atoms with Crippen LogP contribution in [0.3, 0.4) is 0 Å². The normalized spacial score (nSPS) is 12.1. The SMILES string of the molecule is C[C@H](NCCCC#N)c1cccc(F)c1F. The van der Waals surface area contributed by atoms with Crippen LogP contribution in [0.15, 0.2) is 18.2 Å². The molecule has 0 unspecified atom stereocenters. The van der Waals surface area contributed by atoms with Gasteiger partial charge in [-0.15, -0.1) is 0 Å². The molecule has 1 aromatic rings. The van der Waals surface area contributed by atoms with E-state index in [0.717, 1.165) is 6.07 Å². The van der Waals surface area contributed by atoms with Crippen LogP contribution in [0.1, 0.15) is 31.4 Å². The van der Waals surface area contributed by atoms with E-state index in [-0.39, 0.29) is 6.04 Å². The topological polar surface area (TPSA) is 35.8 Å². The quantitative estimate of drug-likeness (QED) is 0.780. The standard InChI is InChI=1S/C12H14F2N2/c1-9(16-8-3-2-7-15)10-5-4-6-11(13)12(10)14/h4-6,9,16H,2-3,8H2,1H3/t9-/m0/s1. The Bertz CT molecular complexity index is 385. The highest BCUT2D eigenvalue weighted by Gasteiger charge is 2.12. The Kier molecular flexibility index (Phi) is 4.87. The summed E-state index contributed by atoms with van der Waals surface area (Å²) in [5.41, 5.74) is 0.317. The third-order valence-electron chi connectivity index (χ3n) is 2.36. The van der Waals surface area contributed by atoms with Crippen molar-refractivity contribution in [2.75, 3.05) is 6.54 Å². The van der Waals surface area contributed by atoms with Gasteiger partial charge in [-0.05, 0) is 26.0 Å². The smallest absolute Gasteiger partial charge is 0.163 e. The lowest BCUT2D eigenvalue weighted by molar-refractivity contribution is 0.471. The van der Waals surface area contributed by atoms with Crippen molar-refractivity contribution in [2.24, 2.45) is 0 Å². The van der Waals surface area contributed by atoms with Gasteiger partial charge in [-0.25, -0.2) is 8.78 Å². The number of nitrogens with zero attached hydrogens (tertiary/aromatic N) is 1. The molecule has 16 heavy (non-hydrogen) atoms. The van der Waals surface area contributed by atoms with Crippen LogP contribution in [0.4, 0.5) is 8.78 Å². The lowest BCUT2D eigenvalue weighted by Gasteiger charge is -2.14. The number of halogens is 2. The predicted molar refractivity (Wildman–Crippen MR) is 57.6 cm³/mol. The average Bonchev–Trinajstić information content (AvgIpc) is 2.28. The van der Waals surface area contributed by atoms with Crippen molar-refractivity contribution in [2.45, 2.75) is 25.8 Å². The fourth-order valence-electron chi connectivity index (χ4n) is 1.45. The van der Waals surface area contributed by atoms with Gasteiger partial charge in [0.2, 0.25) is 0 Å². The highest BCUT2D eigenvalue weighted by atomic mass is 19.2. The number of nitrogens with one attached hydrogen (secondary N) is 1. The van der Waals surface area contributed by atoms with Gasteiger partial charge in [-0.3, -0.25) is 0 Å². The van der Waals surface area contributed by atoms with Gasteiger partial charge in [0.15, 0.2) is 11.6 Å². The van der Waals surface area contributed by atoms with E-state index in [9.17, 15) is 8.78 Å². The van der Waals surface area contributed by atoms with Crippen molar-refractivity contribution >= 4 is 0 Å². The molecule has 0 aliphatic heterocycles. The summed E-state index contributed by atoms with van der Waals surface area (Å²) in [6.45, 7) is 2.38. The molecule has 0 amide bonds. The van der Waals surface area contributed by atoms with Gasteiger partial charge in [0.1, 0.15) is 0 Å². The number of rotatable bonds is 5. The Labute approximate surface area is 93.9 Å². The largest absolute Gasteiger partial charge is 0.310 e. The van der Waals surface area contributed by atoms with Crippen LogP contribution >= 0.6 is 0 Å². The van der Waals surface area contributed by atoms with Crippen molar-refractivity contribution in [1.29, 1.82) is 5.26 Å². The summed E-state index contributed by atoms with van der Waals surface area (Å²) in [4.78, 5) is 0. The van der Waals surface area contributed by atoms with E-state index in [1.807, 2.05) is 6.07 Å². The van der Waals surface area contributed by atoms with E-state index in [1.165, 1.54) is 6.07 Å². The molecule has 0 saturated heterocycles. The van der Waals surface area contributed by atoms with Gasteiger partial charge >= 0.3 is 0 Å². The van der Waals surface area contributed by atoms with Gasteiger partial charge < -0.3 is 5.32 Å². The predicted octanol–water partition coefficient (Wildman–Crippen LogP) is 2.92. The van der Waals surface area contributed by atoms with Gasteiger partial charge in [0, 0.05) is 18.0 Å². The highest BCUT2D eigenvalue weighted by Crippen LogP contribution is 2.18. The maximum absolute atomic E-state index is 13.4.